The lowest BCUT2D eigenvalue weighted by Crippen LogP contribution is -2.66. The van der Waals surface area contributed by atoms with Crippen LogP contribution in [0.15, 0.2) is 24.3 Å². The van der Waals surface area contributed by atoms with Gasteiger partial charge in [0.15, 0.2) is 18.9 Å². The van der Waals surface area contributed by atoms with E-state index in [1.807, 2.05) is 6.08 Å². The first kappa shape index (κ1) is 73.5. The first-order chi connectivity index (χ1) is 39.3. The molecule has 3 rings (SSSR count). The van der Waals surface area contributed by atoms with Crippen molar-refractivity contribution in [1.82, 2.24) is 5.32 Å². The van der Waals surface area contributed by atoms with Gasteiger partial charge < -0.3 is 89.9 Å². The van der Waals surface area contributed by atoms with E-state index in [0.29, 0.717) is 12.8 Å². The van der Waals surface area contributed by atoms with E-state index in [4.69, 9.17) is 28.4 Å². The topological polar surface area (TPSA) is 307 Å². The maximum Gasteiger partial charge on any atom is 0.220 e. The summed E-state index contributed by atoms with van der Waals surface area (Å²) in [5.41, 5.74) is 0. The van der Waals surface area contributed by atoms with Crippen LogP contribution >= 0.6 is 0 Å². The number of hydrogen-bond acceptors (Lipinski definition) is 18. The third kappa shape index (κ3) is 29.0. The fraction of sp³-hybridized carbons (Fsp3) is 0.919. The highest BCUT2D eigenvalue weighted by Crippen LogP contribution is 2.33. The highest BCUT2D eigenvalue weighted by Gasteiger charge is 2.53. The Bertz CT molecular complexity index is 1580. The molecule has 3 aliphatic rings. The number of aliphatic hydroxyl groups is 11. The molecule has 17 unspecified atom stereocenters. The summed E-state index contributed by atoms with van der Waals surface area (Å²) in [6, 6.07) is -0.985. The van der Waals surface area contributed by atoms with Gasteiger partial charge in [-0.1, -0.05) is 218 Å². The first-order valence-corrected chi connectivity index (χ1v) is 32.1. The van der Waals surface area contributed by atoms with Crippen molar-refractivity contribution >= 4 is 5.91 Å². The summed E-state index contributed by atoms with van der Waals surface area (Å²) in [7, 11) is 0. The highest BCUT2D eigenvalue weighted by molar-refractivity contribution is 5.76. The SMILES string of the molecule is CCCCCCCCCCCCCCCCCCCC/C=C/CC/C=C/C(O)C(COC1OC(CO)C(OC2OC(CO)C(OC3OC(CO)C(O)C(O)C3O)C(O)C2O)C(O)C1O)NC(=O)CCCCCCCCCCCCCC. The summed E-state index contributed by atoms with van der Waals surface area (Å²) in [6.45, 7) is 1.71. The summed E-state index contributed by atoms with van der Waals surface area (Å²) in [6.07, 6.45) is 21.7. The molecule has 12 N–H and O–H groups in total. The average molecular weight is 1160 g/mol. The molecule has 3 aliphatic heterocycles. The summed E-state index contributed by atoms with van der Waals surface area (Å²) in [4.78, 5) is 13.3. The van der Waals surface area contributed by atoms with Crippen LogP contribution in [0.3, 0.4) is 0 Å². The monoisotopic (exact) mass is 1160 g/mol. The Morgan fingerprint density at radius 1 is 0.432 bits per heavy atom. The molecule has 0 spiro atoms. The van der Waals surface area contributed by atoms with E-state index in [9.17, 15) is 61.0 Å². The number of amides is 1. The van der Waals surface area contributed by atoms with Gasteiger partial charge in [0.2, 0.25) is 5.91 Å². The minimum atomic E-state index is -1.98. The summed E-state index contributed by atoms with van der Waals surface area (Å²) in [5.74, 6) is -0.285. The van der Waals surface area contributed by atoms with Gasteiger partial charge in [0.25, 0.3) is 0 Å². The lowest BCUT2D eigenvalue weighted by molar-refractivity contribution is -0.379. The normalized spacial score (nSPS) is 29.9. The van der Waals surface area contributed by atoms with Gasteiger partial charge in [0.1, 0.15) is 73.2 Å². The number of carbonyl (C=O) groups is 1. The molecular formula is C62H115NO18. The van der Waals surface area contributed by atoms with E-state index in [0.717, 1.165) is 38.5 Å². The van der Waals surface area contributed by atoms with Crippen molar-refractivity contribution in [3.05, 3.63) is 24.3 Å². The molecule has 1 amide bonds. The Kier molecular flexibility index (Phi) is 41.4. The first-order valence-electron chi connectivity index (χ1n) is 32.1. The van der Waals surface area contributed by atoms with E-state index < -0.39 is 124 Å². The van der Waals surface area contributed by atoms with Crippen LogP contribution in [0.5, 0.6) is 0 Å². The Hall–Kier alpha value is -1.73. The van der Waals surface area contributed by atoms with Gasteiger partial charge >= 0.3 is 0 Å². The molecule has 81 heavy (non-hydrogen) atoms. The van der Waals surface area contributed by atoms with Crippen LogP contribution in [0.25, 0.3) is 0 Å². The second kappa shape index (κ2) is 45.6. The van der Waals surface area contributed by atoms with Gasteiger partial charge in [-0.2, -0.15) is 0 Å². The Labute approximate surface area is 486 Å². The third-order valence-corrected chi connectivity index (χ3v) is 16.3. The van der Waals surface area contributed by atoms with Crippen LogP contribution in [0.1, 0.15) is 232 Å². The number of nitrogens with one attached hydrogen (secondary N) is 1. The van der Waals surface area contributed by atoms with Gasteiger partial charge in [-0.3, -0.25) is 4.79 Å². The molecule has 3 fully saturated rings. The van der Waals surface area contributed by atoms with Crippen molar-refractivity contribution in [3.8, 4) is 0 Å². The van der Waals surface area contributed by atoms with Crippen LogP contribution in [0, 0.1) is 0 Å². The van der Waals surface area contributed by atoms with Gasteiger partial charge in [0.05, 0.1) is 38.6 Å². The highest BCUT2D eigenvalue weighted by atomic mass is 16.8. The quantitative estimate of drug-likeness (QED) is 0.0222. The van der Waals surface area contributed by atoms with Gasteiger partial charge in [-0.05, 0) is 32.1 Å². The maximum atomic E-state index is 13.3. The number of aliphatic hydroxyl groups excluding tert-OH is 11. The fourth-order valence-corrected chi connectivity index (χ4v) is 11.0. The van der Waals surface area contributed by atoms with Crippen molar-refractivity contribution in [1.29, 1.82) is 0 Å². The molecule has 3 heterocycles. The van der Waals surface area contributed by atoms with Crippen LogP contribution in [0.2, 0.25) is 0 Å². The molecular weight excluding hydrogens is 1050 g/mol. The standard InChI is InChI=1S/C62H115NO18/c1-3-5-7-9-11-13-15-17-18-19-20-21-22-23-24-25-26-27-28-29-31-33-35-37-39-46(67)45(63-50(68)40-38-36-34-32-30-16-14-12-10-8-6-4-2)44-76-60-56(74)53(71)58(48(42-65)78-60)81-62-57(75)54(72)59(49(43-66)79-62)80-61-55(73)52(70)51(69)47(41-64)77-61/h29,31,37,39,45-49,51-62,64-67,69-75H,3-28,30,32-36,38,40-44H2,1-2H3,(H,63,68)/b31-29+,39-37+. The molecule has 3 saturated heterocycles. The molecule has 19 heteroatoms. The third-order valence-electron chi connectivity index (χ3n) is 16.3. The lowest BCUT2D eigenvalue weighted by Gasteiger charge is -2.48. The maximum absolute atomic E-state index is 13.3. The zero-order valence-corrected chi connectivity index (χ0v) is 49.8. The predicted molar refractivity (Wildman–Crippen MR) is 310 cm³/mol. The second-order valence-electron chi connectivity index (χ2n) is 23.2. The molecule has 0 saturated carbocycles. The van der Waals surface area contributed by atoms with E-state index in [2.05, 4.69) is 31.3 Å². The minimum absolute atomic E-state index is 0.239. The summed E-state index contributed by atoms with van der Waals surface area (Å²) >= 11 is 0. The number of hydrogen-bond donors (Lipinski definition) is 12. The number of carbonyl (C=O) groups excluding carboxylic acids is 1. The van der Waals surface area contributed by atoms with Crippen molar-refractivity contribution in [3.63, 3.8) is 0 Å². The second-order valence-corrected chi connectivity index (χ2v) is 23.2. The van der Waals surface area contributed by atoms with E-state index in [-0.39, 0.29) is 18.9 Å². The van der Waals surface area contributed by atoms with E-state index in [1.54, 1.807) is 6.08 Å². The molecule has 0 aromatic carbocycles. The van der Waals surface area contributed by atoms with Crippen LogP contribution < -0.4 is 5.32 Å². The summed E-state index contributed by atoms with van der Waals surface area (Å²) in [5, 5.41) is 120. The minimum Gasteiger partial charge on any atom is -0.394 e. The molecule has 17 atom stereocenters. The van der Waals surface area contributed by atoms with Gasteiger partial charge in [0, 0.05) is 6.42 Å². The average Bonchev–Trinajstić information content (AvgIpc) is 3.65. The smallest absolute Gasteiger partial charge is 0.220 e. The molecule has 0 bridgehead atoms. The Morgan fingerprint density at radius 3 is 1.23 bits per heavy atom. The van der Waals surface area contributed by atoms with Crippen molar-refractivity contribution in [2.24, 2.45) is 0 Å². The predicted octanol–water partition coefficient (Wildman–Crippen LogP) is 6.71. The largest absolute Gasteiger partial charge is 0.394 e. The molecule has 0 radical (unpaired) electrons. The number of unbranched alkanes of at least 4 members (excludes halogenated alkanes) is 30. The molecule has 0 aromatic rings. The Morgan fingerprint density at radius 2 is 0.790 bits per heavy atom. The van der Waals surface area contributed by atoms with Crippen molar-refractivity contribution < 1.29 is 89.4 Å². The number of allylic oxidation sites excluding steroid dienone is 3. The molecule has 19 nitrogen and oxygen atoms in total. The van der Waals surface area contributed by atoms with Crippen molar-refractivity contribution in [2.45, 2.75) is 336 Å². The Balaban J connectivity index is 1.47. The number of rotatable bonds is 48. The van der Waals surface area contributed by atoms with Gasteiger partial charge in [-0.15, -0.1) is 0 Å². The van der Waals surface area contributed by atoms with Crippen LogP contribution in [0.4, 0.5) is 0 Å². The van der Waals surface area contributed by atoms with Crippen LogP contribution in [-0.4, -0.2) is 193 Å². The number of ether oxygens (including phenoxy) is 6. The van der Waals surface area contributed by atoms with Gasteiger partial charge in [-0.25, -0.2) is 0 Å². The van der Waals surface area contributed by atoms with Crippen molar-refractivity contribution in [2.75, 3.05) is 26.4 Å². The zero-order valence-electron chi connectivity index (χ0n) is 49.8. The zero-order chi connectivity index (χ0) is 59.0. The van der Waals surface area contributed by atoms with E-state index in [1.165, 1.54) is 161 Å². The van der Waals surface area contributed by atoms with E-state index >= 15 is 0 Å². The summed E-state index contributed by atoms with van der Waals surface area (Å²) < 4.78 is 34.2. The molecule has 476 valence electrons. The molecule has 0 aromatic heterocycles. The fourth-order valence-electron chi connectivity index (χ4n) is 11.0. The lowest BCUT2D eigenvalue weighted by atomic mass is 9.96. The van der Waals surface area contributed by atoms with Crippen LogP contribution in [-0.2, 0) is 33.2 Å². The molecule has 0 aliphatic carbocycles.